The number of aromatic hydroxyl groups is 4. The summed E-state index contributed by atoms with van der Waals surface area (Å²) in [4.78, 5) is 10.4. The first-order valence-corrected chi connectivity index (χ1v) is 9.36. The molecule has 0 saturated carbocycles. The number of oxime groups is 2. The first kappa shape index (κ1) is 19.5. The van der Waals surface area contributed by atoms with Gasteiger partial charge in [0.05, 0.1) is 11.4 Å². The van der Waals surface area contributed by atoms with Crippen molar-refractivity contribution in [3.05, 3.63) is 46.5 Å². The molecule has 0 heterocycles. The quantitative estimate of drug-likeness (QED) is 0.267. The monoisotopic (exact) mass is 408 g/mol. The highest BCUT2D eigenvalue weighted by molar-refractivity contribution is 6.13. The highest BCUT2D eigenvalue weighted by Crippen LogP contribution is 2.55. The van der Waals surface area contributed by atoms with Crippen molar-refractivity contribution in [1.82, 2.24) is 0 Å². The third-order valence-corrected chi connectivity index (χ3v) is 5.45. The van der Waals surface area contributed by atoms with Crippen molar-refractivity contribution in [3.8, 4) is 35.3 Å². The molecule has 2 aliphatic carbocycles. The second-order valence-corrected chi connectivity index (χ2v) is 7.18. The van der Waals surface area contributed by atoms with E-state index >= 15 is 0 Å². The first-order chi connectivity index (χ1) is 14.4. The molecule has 0 amide bonds. The van der Waals surface area contributed by atoms with Crippen molar-refractivity contribution in [3.63, 3.8) is 0 Å². The minimum Gasteiger partial charge on any atom is -0.504 e. The fourth-order valence-corrected chi connectivity index (χ4v) is 4.23. The third-order valence-electron chi connectivity index (χ3n) is 5.45. The van der Waals surface area contributed by atoms with Crippen LogP contribution in [-0.4, -0.2) is 45.1 Å². The van der Waals surface area contributed by atoms with Crippen LogP contribution in [0.1, 0.15) is 42.0 Å². The zero-order valence-corrected chi connectivity index (χ0v) is 16.2. The number of terminal acetylenes is 1. The summed E-state index contributed by atoms with van der Waals surface area (Å²) >= 11 is 0. The molecule has 1 unspecified atom stereocenters. The summed E-state index contributed by atoms with van der Waals surface area (Å²) < 4.78 is 0. The van der Waals surface area contributed by atoms with Crippen molar-refractivity contribution >= 4 is 11.4 Å². The van der Waals surface area contributed by atoms with Crippen LogP contribution in [0.5, 0.6) is 23.0 Å². The van der Waals surface area contributed by atoms with Crippen LogP contribution in [0.25, 0.3) is 0 Å². The highest BCUT2D eigenvalue weighted by Gasteiger charge is 2.51. The van der Waals surface area contributed by atoms with Crippen LogP contribution in [0.2, 0.25) is 0 Å². The Morgan fingerprint density at radius 3 is 1.80 bits per heavy atom. The second-order valence-electron chi connectivity index (χ2n) is 7.18. The second kappa shape index (κ2) is 7.19. The van der Waals surface area contributed by atoms with E-state index in [2.05, 4.69) is 16.2 Å². The molecule has 30 heavy (non-hydrogen) atoms. The highest BCUT2D eigenvalue weighted by atomic mass is 16.6. The summed E-state index contributed by atoms with van der Waals surface area (Å²) in [6, 6.07) is 5.83. The van der Waals surface area contributed by atoms with Gasteiger partial charge in [-0.2, -0.15) is 0 Å². The molecule has 0 aliphatic heterocycles. The van der Waals surface area contributed by atoms with E-state index in [1.54, 1.807) is 0 Å². The summed E-state index contributed by atoms with van der Waals surface area (Å²) in [5.41, 5.74) is 2.98. The van der Waals surface area contributed by atoms with Gasteiger partial charge in [0, 0.05) is 29.4 Å². The number of fused-ring (bicyclic) bond motifs is 4. The predicted molar refractivity (Wildman–Crippen MR) is 109 cm³/mol. The Kier molecular flexibility index (Phi) is 4.66. The lowest BCUT2D eigenvalue weighted by molar-refractivity contribution is 0.158. The van der Waals surface area contributed by atoms with E-state index in [1.807, 2.05) is 6.92 Å². The Balaban J connectivity index is 1.95. The minimum absolute atomic E-state index is 0.0157. The fraction of sp³-hybridized carbons (Fsp3) is 0.273. The van der Waals surface area contributed by atoms with Crippen LogP contribution in [0.3, 0.4) is 0 Å². The molecule has 154 valence electrons. The van der Waals surface area contributed by atoms with Gasteiger partial charge in [0.15, 0.2) is 29.6 Å². The molecule has 1 atom stereocenters. The molecule has 0 fully saturated rings. The van der Waals surface area contributed by atoms with Crippen molar-refractivity contribution in [2.24, 2.45) is 10.3 Å². The van der Waals surface area contributed by atoms with Gasteiger partial charge in [-0.15, -0.1) is 6.42 Å². The molecule has 8 heteroatoms. The third kappa shape index (κ3) is 2.87. The van der Waals surface area contributed by atoms with Crippen LogP contribution in [0.15, 0.2) is 34.6 Å². The van der Waals surface area contributed by atoms with Gasteiger partial charge in [0.1, 0.15) is 6.61 Å². The molecule has 0 aromatic heterocycles. The van der Waals surface area contributed by atoms with E-state index in [9.17, 15) is 20.4 Å². The lowest BCUT2D eigenvalue weighted by atomic mass is 9.76. The Bertz CT molecular complexity index is 1130. The maximum absolute atomic E-state index is 10.2. The van der Waals surface area contributed by atoms with Crippen LogP contribution in [0, 0.1) is 12.3 Å². The van der Waals surface area contributed by atoms with Crippen LogP contribution in [-0.2, 0) is 15.1 Å². The largest absolute Gasteiger partial charge is 0.504 e. The Morgan fingerprint density at radius 2 is 1.33 bits per heavy atom. The molecule has 2 aromatic carbocycles. The van der Waals surface area contributed by atoms with E-state index in [-0.39, 0.29) is 29.6 Å². The van der Waals surface area contributed by atoms with E-state index in [1.165, 1.54) is 24.3 Å². The van der Waals surface area contributed by atoms with Gasteiger partial charge >= 0.3 is 0 Å². The zero-order valence-electron chi connectivity index (χ0n) is 16.2. The van der Waals surface area contributed by atoms with Gasteiger partial charge in [0.25, 0.3) is 0 Å². The van der Waals surface area contributed by atoms with Gasteiger partial charge in [-0.3, -0.25) is 0 Å². The number of phenols is 4. The maximum Gasteiger partial charge on any atom is 0.177 e. The average Bonchev–Trinajstić information content (AvgIpc) is 3.17. The predicted octanol–water partition coefficient (Wildman–Crippen LogP) is 2.70. The summed E-state index contributed by atoms with van der Waals surface area (Å²) in [6.07, 6.45) is 5.94. The molecule has 0 saturated heterocycles. The molecule has 0 radical (unpaired) electrons. The molecule has 8 nitrogen and oxygen atoms in total. The van der Waals surface area contributed by atoms with Crippen molar-refractivity contribution in [2.75, 3.05) is 13.2 Å². The fourth-order valence-electron chi connectivity index (χ4n) is 4.23. The molecule has 4 N–H and O–H groups in total. The molecule has 0 bridgehead atoms. The van der Waals surface area contributed by atoms with Crippen LogP contribution < -0.4 is 0 Å². The average molecular weight is 408 g/mol. The van der Waals surface area contributed by atoms with E-state index < -0.39 is 5.41 Å². The lowest BCUT2D eigenvalue weighted by Gasteiger charge is -2.25. The normalized spacial score (nSPS) is 21.6. The zero-order chi connectivity index (χ0) is 21.5. The number of phenolic OH excluding ortho intramolecular Hbond substituents is 4. The summed E-state index contributed by atoms with van der Waals surface area (Å²) in [7, 11) is 0. The number of hydrogen-bond donors (Lipinski definition) is 4. The van der Waals surface area contributed by atoms with Gasteiger partial charge in [-0.1, -0.05) is 16.2 Å². The molecule has 1 spiro atoms. The number of hydrogen-bond acceptors (Lipinski definition) is 8. The van der Waals surface area contributed by atoms with E-state index in [4.69, 9.17) is 16.1 Å². The van der Waals surface area contributed by atoms with Gasteiger partial charge in [0.2, 0.25) is 0 Å². The van der Waals surface area contributed by atoms with Crippen molar-refractivity contribution < 1.29 is 30.1 Å². The molecular formula is C22H20N2O6. The van der Waals surface area contributed by atoms with E-state index in [0.29, 0.717) is 53.1 Å². The topological polar surface area (TPSA) is 124 Å². The SMILES string of the molecule is C#CCO/N=C1\CC2(C/C(=N\OCC)c3cc(O)c(O)cc32)c2cc(O)c(O)cc21. The summed E-state index contributed by atoms with van der Waals surface area (Å²) in [5.74, 6) is 1.23. The number of rotatable bonds is 4. The Labute approximate surface area is 172 Å². The lowest BCUT2D eigenvalue weighted by Crippen LogP contribution is -2.22. The van der Waals surface area contributed by atoms with Crippen molar-refractivity contribution in [1.29, 1.82) is 0 Å². The summed E-state index contributed by atoms with van der Waals surface area (Å²) in [5, 5.41) is 48.8. The van der Waals surface area contributed by atoms with Crippen molar-refractivity contribution in [2.45, 2.75) is 25.2 Å². The maximum atomic E-state index is 10.2. The van der Waals surface area contributed by atoms with Gasteiger partial charge < -0.3 is 30.1 Å². The van der Waals surface area contributed by atoms with Gasteiger partial charge in [-0.25, -0.2) is 0 Å². The number of nitrogens with zero attached hydrogens (tertiary/aromatic N) is 2. The molecular weight excluding hydrogens is 388 g/mol. The smallest absolute Gasteiger partial charge is 0.177 e. The number of benzene rings is 2. The van der Waals surface area contributed by atoms with Gasteiger partial charge in [-0.05, 0) is 42.3 Å². The van der Waals surface area contributed by atoms with Crippen LogP contribution >= 0.6 is 0 Å². The van der Waals surface area contributed by atoms with Crippen LogP contribution in [0.4, 0.5) is 0 Å². The standard InChI is InChI=1S/C22H20N2O6/c1-3-5-30-24-17-11-22(15-9-21(28)19(26)7-13(15)17)10-16(23-29-4-2)12-6-18(25)20(27)8-14(12)22/h1,6-9,25-28H,4-5,10-11H2,2H3/b23-16+,24-17+. The Morgan fingerprint density at radius 1 is 0.867 bits per heavy atom. The molecule has 4 rings (SSSR count). The summed E-state index contributed by atoms with van der Waals surface area (Å²) in [6.45, 7) is 2.16. The molecule has 2 aliphatic rings. The minimum atomic E-state index is -0.755. The molecule has 2 aromatic rings. The Hall–Kier alpha value is -3.86. The first-order valence-electron chi connectivity index (χ1n) is 9.36. The van der Waals surface area contributed by atoms with E-state index in [0.717, 1.165) is 0 Å².